The quantitative estimate of drug-likeness (QED) is 0.780. The number of anilines is 1. The molecule has 2 amide bonds. The number of carbonyl (C=O) groups excluding carboxylic acids is 2. The molecule has 0 saturated carbocycles. The number of carbonyl (C=O) groups is 2. The number of nitrogens with one attached hydrogen (secondary N) is 1. The van der Waals surface area contributed by atoms with Crippen molar-refractivity contribution in [3.05, 3.63) is 65.7 Å². The molecule has 7 nitrogen and oxygen atoms in total. The predicted molar refractivity (Wildman–Crippen MR) is 112 cm³/mol. The fourth-order valence-electron chi connectivity index (χ4n) is 3.29. The molecular formula is C21H25N3O4S. The van der Waals surface area contributed by atoms with E-state index in [1.54, 1.807) is 29.2 Å². The Morgan fingerprint density at radius 1 is 0.897 bits per heavy atom. The summed E-state index contributed by atoms with van der Waals surface area (Å²) in [6.45, 7) is 2.83. The zero-order chi connectivity index (χ0) is 20.9. The lowest BCUT2D eigenvalue weighted by atomic mass is 10.1. The molecule has 0 atom stereocenters. The van der Waals surface area contributed by atoms with Crippen molar-refractivity contribution < 1.29 is 18.0 Å². The van der Waals surface area contributed by atoms with Crippen LogP contribution in [0.3, 0.4) is 0 Å². The molecular weight excluding hydrogens is 390 g/mol. The van der Waals surface area contributed by atoms with E-state index in [4.69, 9.17) is 0 Å². The number of hydrogen-bond acceptors (Lipinski definition) is 4. The van der Waals surface area contributed by atoms with E-state index in [1.807, 2.05) is 30.3 Å². The maximum absolute atomic E-state index is 12.6. The minimum atomic E-state index is -3.40. The molecule has 0 aromatic heterocycles. The van der Waals surface area contributed by atoms with Crippen LogP contribution in [0.4, 0.5) is 5.69 Å². The number of benzene rings is 2. The van der Waals surface area contributed by atoms with E-state index >= 15 is 0 Å². The largest absolute Gasteiger partial charge is 0.340 e. The summed E-state index contributed by atoms with van der Waals surface area (Å²) in [4.78, 5) is 25.3. The third-order valence-corrected chi connectivity index (χ3v) is 6.66. The Balaban J connectivity index is 1.52. The summed E-state index contributed by atoms with van der Waals surface area (Å²) < 4.78 is 26.7. The van der Waals surface area contributed by atoms with Crippen molar-refractivity contribution in [2.75, 3.05) is 31.5 Å². The Hall–Kier alpha value is -2.71. The van der Waals surface area contributed by atoms with Crippen molar-refractivity contribution in [3.63, 3.8) is 0 Å². The Morgan fingerprint density at radius 2 is 1.52 bits per heavy atom. The lowest BCUT2D eigenvalue weighted by Crippen LogP contribution is -2.51. The van der Waals surface area contributed by atoms with Crippen LogP contribution in [0.1, 0.15) is 18.1 Å². The summed E-state index contributed by atoms with van der Waals surface area (Å²) >= 11 is 0. The maximum Gasteiger partial charge on any atom is 0.227 e. The SMILES string of the molecule is CC(=O)Nc1ccc(CC(=O)N2CCN(S(=O)(=O)Cc3ccccc3)CC2)cc1. The molecule has 0 radical (unpaired) electrons. The molecule has 1 aliphatic rings. The van der Waals surface area contributed by atoms with E-state index in [1.165, 1.54) is 11.2 Å². The van der Waals surface area contributed by atoms with Gasteiger partial charge in [-0.1, -0.05) is 42.5 Å². The monoisotopic (exact) mass is 415 g/mol. The summed E-state index contributed by atoms with van der Waals surface area (Å²) in [5.41, 5.74) is 2.29. The highest BCUT2D eigenvalue weighted by atomic mass is 32.2. The summed E-state index contributed by atoms with van der Waals surface area (Å²) in [6, 6.07) is 16.2. The fraction of sp³-hybridized carbons (Fsp3) is 0.333. The molecule has 1 N–H and O–H groups in total. The number of rotatable bonds is 6. The first kappa shape index (κ1) is 21.0. The van der Waals surface area contributed by atoms with Crippen molar-refractivity contribution in [1.29, 1.82) is 0 Å². The van der Waals surface area contributed by atoms with Gasteiger partial charge in [-0.3, -0.25) is 9.59 Å². The van der Waals surface area contributed by atoms with Crippen LogP contribution in [0, 0.1) is 0 Å². The van der Waals surface area contributed by atoms with E-state index in [2.05, 4.69) is 5.32 Å². The standard InChI is InChI=1S/C21H25N3O4S/c1-17(25)22-20-9-7-18(8-10-20)15-21(26)23-11-13-24(14-12-23)29(27,28)16-19-5-3-2-4-6-19/h2-10H,11-16H2,1H3,(H,22,25). The molecule has 1 fully saturated rings. The van der Waals surface area contributed by atoms with E-state index in [0.717, 1.165) is 11.1 Å². The normalized spacial score (nSPS) is 15.1. The molecule has 0 spiro atoms. The summed E-state index contributed by atoms with van der Waals surface area (Å²) in [7, 11) is -3.40. The van der Waals surface area contributed by atoms with E-state index in [9.17, 15) is 18.0 Å². The second-order valence-electron chi connectivity index (χ2n) is 7.08. The number of piperazine rings is 1. The highest BCUT2D eigenvalue weighted by Crippen LogP contribution is 2.15. The van der Waals surface area contributed by atoms with Crippen LogP contribution in [0.25, 0.3) is 0 Å². The Kier molecular flexibility index (Phi) is 6.66. The van der Waals surface area contributed by atoms with Gasteiger partial charge in [-0.2, -0.15) is 4.31 Å². The van der Waals surface area contributed by atoms with E-state index in [-0.39, 0.29) is 24.0 Å². The summed E-state index contributed by atoms with van der Waals surface area (Å²) in [5.74, 6) is -0.200. The number of nitrogens with zero attached hydrogens (tertiary/aromatic N) is 2. The lowest BCUT2D eigenvalue weighted by molar-refractivity contribution is -0.131. The van der Waals surface area contributed by atoms with Gasteiger partial charge in [0.25, 0.3) is 0 Å². The van der Waals surface area contributed by atoms with Crippen LogP contribution >= 0.6 is 0 Å². The Labute approximate surface area is 171 Å². The zero-order valence-corrected chi connectivity index (χ0v) is 17.2. The third kappa shape index (κ3) is 5.88. The van der Waals surface area contributed by atoms with Crippen LogP contribution in [0.5, 0.6) is 0 Å². The second-order valence-corrected chi connectivity index (χ2v) is 9.05. The van der Waals surface area contributed by atoms with E-state index < -0.39 is 10.0 Å². The highest BCUT2D eigenvalue weighted by molar-refractivity contribution is 7.88. The average molecular weight is 416 g/mol. The third-order valence-electron chi connectivity index (χ3n) is 4.81. The molecule has 2 aromatic rings. The zero-order valence-electron chi connectivity index (χ0n) is 16.4. The first-order valence-electron chi connectivity index (χ1n) is 9.49. The van der Waals surface area contributed by atoms with Gasteiger partial charge in [-0.15, -0.1) is 0 Å². The predicted octanol–water partition coefficient (Wildman–Crippen LogP) is 1.86. The number of sulfonamides is 1. The lowest BCUT2D eigenvalue weighted by Gasteiger charge is -2.34. The van der Waals surface area contributed by atoms with Gasteiger partial charge in [0.1, 0.15) is 0 Å². The molecule has 0 aliphatic carbocycles. The van der Waals surface area contributed by atoms with Gasteiger partial charge in [-0.05, 0) is 23.3 Å². The molecule has 3 rings (SSSR count). The Morgan fingerprint density at radius 3 is 2.10 bits per heavy atom. The fourth-order valence-corrected chi connectivity index (χ4v) is 4.80. The second kappa shape index (κ2) is 9.19. The van der Waals surface area contributed by atoms with Crippen molar-refractivity contribution >= 4 is 27.5 Å². The van der Waals surface area contributed by atoms with Crippen LogP contribution in [-0.4, -0.2) is 55.6 Å². The van der Waals surface area contributed by atoms with Crippen molar-refractivity contribution in [1.82, 2.24) is 9.21 Å². The average Bonchev–Trinajstić information content (AvgIpc) is 2.69. The molecule has 1 saturated heterocycles. The van der Waals surface area contributed by atoms with Gasteiger partial charge in [0.15, 0.2) is 0 Å². The summed E-state index contributed by atoms with van der Waals surface area (Å²) in [6.07, 6.45) is 0.247. The highest BCUT2D eigenvalue weighted by Gasteiger charge is 2.28. The molecule has 29 heavy (non-hydrogen) atoms. The van der Waals surface area contributed by atoms with Gasteiger partial charge in [-0.25, -0.2) is 8.42 Å². The van der Waals surface area contributed by atoms with Gasteiger partial charge >= 0.3 is 0 Å². The first-order valence-corrected chi connectivity index (χ1v) is 11.1. The maximum atomic E-state index is 12.6. The van der Waals surface area contributed by atoms with Gasteiger partial charge in [0.05, 0.1) is 12.2 Å². The smallest absolute Gasteiger partial charge is 0.227 e. The van der Waals surface area contributed by atoms with Gasteiger partial charge in [0.2, 0.25) is 21.8 Å². The molecule has 1 aliphatic heterocycles. The molecule has 2 aromatic carbocycles. The van der Waals surface area contributed by atoms with E-state index in [0.29, 0.717) is 31.9 Å². The first-order chi connectivity index (χ1) is 13.8. The molecule has 8 heteroatoms. The topological polar surface area (TPSA) is 86.8 Å². The van der Waals surface area contributed by atoms with Crippen LogP contribution in [0.15, 0.2) is 54.6 Å². The van der Waals surface area contributed by atoms with Crippen LogP contribution in [-0.2, 0) is 31.8 Å². The van der Waals surface area contributed by atoms with Gasteiger partial charge < -0.3 is 10.2 Å². The number of hydrogen-bond donors (Lipinski definition) is 1. The van der Waals surface area contributed by atoms with Crippen LogP contribution in [0.2, 0.25) is 0 Å². The minimum absolute atomic E-state index is 0.0254. The van der Waals surface area contributed by atoms with Crippen molar-refractivity contribution in [2.24, 2.45) is 0 Å². The molecule has 0 bridgehead atoms. The van der Waals surface area contributed by atoms with Gasteiger partial charge in [0, 0.05) is 38.8 Å². The minimum Gasteiger partial charge on any atom is -0.340 e. The van der Waals surface area contributed by atoms with Crippen LogP contribution < -0.4 is 5.32 Å². The molecule has 154 valence electrons. The number of amides is 2. The van der Waals surface area contributed by atoms with Crippen molar-refractivity contribution in [3.8, 4) is 0 Å². The molecule has 1 heterocycles. The summed E-state index contributed by atoms with van der Waals surface area (Å²) in [5, 5.41) is 2.69. The Bertz CT molecular complexity index is 951. The molecule has 0 unspecified atom stereocenters. The van der Waals surface area contributed by atoms with Crippen molar-refractivity contribution in [2.45, 2.75) is 19.1 Å².